The van der Waals surface area contributed by atoms with Gasteiger partial charge in [-0.15, -0.1) is 0 Å². The molecule has 1 rings (SSSR count). The van der Waals surface area contributed by atoms with E-state index in [-0.39, 0.29) is 23.6 Å². The standard InChI is InChI=1S/C13H21NO3/c1-9(15)4-3-5-14-10(2)11-6-12(16)8-13(17)7-11/h6-10,14-17H,3-5H2,1-2H3. The molecule has 1 aromatic carbocycles. The number of aliphatic hydroxyl groups excluding tert-OH is 1. The van der Waals surface area contributed by atoms with Gasteiger partial charge in [0, 0.05) is 12.1 Å². The van der Waals surface area contributed by atoms with Crippen LogP contribution in [0, 0.1) is 0 Å². The maximum atomic E-state index is 9.37. The van der Waals surface area contributed by atoms with Crippen LogP contribution in [0.15, 0.2) is 18.2 Å². The van der Waals surface area contributed by atoms with Crippen LogP contribution in [0.5, 0.6) is 11.5 Å². The summed E-state index contributed by atoms with van der Waals surface area (Å²) in [6.45, 7) is 4.54. The number of phenols is 2. The van der Waals surface area contributed by atoms with E-state index in [1.165, 1.54) is 6.07 Å². The monoisotopic (exact) mass is 239 g/mol. The molecule has 0 aliphatic rings. The van der Waals surface area contributed by atoms with Gasteiger partial charge in [-0.2, -0.15) is 0 Å². The van der Waals surface area contributed by atoms with Crippen molar-refractivity contribution < 1.29 is 15.3 Å². The van der Waals surface area contributed by atoms with Crippen molar-refractivity contribution in [2.75, 3.05) is 6.54 Å². The molecule has 0 aliphatic carbocycles. The van der Waals surface area contributed by atoms with E-state index in [0.29, 0.717) is 0 Å². The summed E-state index contributed by atoms with van der Waals surface area (Å²) in [7, 11) is 0. The van der Waals surface area contributed by atoms with Crippen LogP contribution in [0.1, 0.15) is 38.3 Å². The van der Waals surface area contributed by atoms with Gasteiger partial charge in [0.2, 0.25) is 0 Å². The third kappa shape index (κ3) is 5.06. The quantitative estimate of drug-likeness (QED) is 0.572. The molecular weight excluding hydrogens is 218 g/mol. The molecule has 0 fully saturated rings. The van der Waals surface area contributed by atoms with Crippen molar-refractivity contribution in [3.63, 3.8) is 0 Å². The molecule has 2 unspecified atom stereocenters. The van der Waals surface area contributed by atoms with E-state index in [1.54, 1.807) is 19.1 Å². The highest BCUT2D eigenvalue weighted by atomic mass is 16.3. The Kier molecular flexibility index (Phi) is 5.25. The van der Waals surface area contributed by atoms with Gasteiger partial charge in [0.25, 0.3) is 0 Å². The van der Waals surface area contributed by atoms with Gasteiger partial charge in [-0.1, -0.05) is 0 Å². The average Bonchev–Trinajstić information content (AvgIpc) is 2.22. The molecule has 0 saturated carbocycles. The average molecular weight is 239 g/mol. The smallest absolute Gasteiger partial charge is 0.119 e. The van der Waals surface area contributed by atoms with E-state index < -0.39 is 0 Å². The van der Waals surface area contributed by atoms with E-state index in [4.69, 9.17) is 5.11 Å². The van der Waals surface area contributed by atoms with Crippen LogP contribution in [-0.4, -0.2) is 28.0 Å². The second-order valence-electron chi connectivity index (χ2n) is 4.45. The fourth-order valence-corrected chi connectivity index (χ4v) is 1.70. The van der Waals surface area contributed by atoms with Crippen LogP contribution in [0.25, 0.3) is 0 Å². The zero-order chi connectivity index (χ0) is 12.8. The number of hydrogen-bond donors (Lipinski definition) is 4. The summed E-state index contributed by atoms with van der Waals surface area (Å²) >= 11 is 0. The summed E-state index contributed by atoms with van der Waals surface area (Å²) in [5, 5.41) is 31.1. The lowest BCUT2D eigenvalue weighted by molar-refractivity contribution is 0.181. The first kappa shape index (κ1) is 13.8. The van der Waals surface area contributed by atoms with Gasteiger partial charge >= 0.3 is 0 Å². The molecule has 0 aromatic heterocycles. The Morgan fingerprint density at radius 1 is 1.12 bits per heavy atom. The third-order valence-corrected chi connectivity index (χ3v) is 2.67. The van der Waals surface area contributed by atoms with Crippen molar-refractivity contribution in [2.45, 2.75) is 38.8 Å². The predicted molar refractivity (Wildman–Crippen MR) is 67.1 cm³/mol. The summed E-state index contributed by atoms with van der Waals surface area (Å²) in [5.74, 6) is 0.135. The number of phenolic OH excluding ortho intramolecular Hbond substituents is 2. The topological polar surface area (TPSA) is 72.7 Å². The summed E-state index contributed by atoms with van der Waals surface area (Å²) in [5.41, 5.74) is 0.847. The van der Waals surface area contributed by atoms with Crippen molar-refractivity contribution in [3.8, 4) is 11.5 Å². The molecule has 0 spiro atoms. The molecule has 0 amide bonds. The van der Waals surface area contributed by atoms with Crippen LogP contribution < -0.4 is 5.32 Å². The van der Waals surface area contributed by atoms with E-state index in [2.05, 4.69) is 5.32 Å². The molecule has 1 aromatic rings. The summed E-state index contributed by atoms with van der Waals surface area (Å²) < 4.78 is 0. The van der Waals surface area contributed by atoms with Crippen molar-refractivity contribution >= 4 is 0 Å². The normalized spacial score (nSPS) is 14.5. The molecule has 4 nitrogen and oxygen atoms in total. The minimum absolute atomic E-state index is 0.0574. The Hall–Kier alpha value is -1.26. The lowest BCUT2D eigenvalue weighted by Crippen LogP contribution is -2.20. The van der Waals surface area contributed by atoms with E-state index in [0.717, 1.165) is 24.9 Å². The Morgan fingerprint density at radius 3 is 2.24 bits per heavy atom. The Labute approximate surface area is 102 Å². The van der Waals surface area contributed by atoms with E-state index >= 15 is 0 Å². The predicted octanol–water partition coefficient (Wildman–Crippen LogP) is 1.91. The Balaban J connectivity index is 2.43. The van der Waals surface area contributed by atoms with Crippen LogP contribution in [0.2, 0.25) is 0 Å². The number of aromatic hydroxyl groups is 2. The minimum Gasteiger partial charge on any atom is -0.508 e. The van der Waals surface area contributed by atoms with Crippen molar-refractivity contribution in [3.05, 3.63) is 23.8 Å². The second-order valence-corrected chi connectivity index (χ2v) is 4.45. The van der Waals surface area contributed by atoms with Gasteiger partial charge in [0.15, 0.2) is 0 Å². The highest BCUT2D eigenvalue weighted by molar-refractivity contribution is 5.37. The molecule has 4 N–H and O–H groups in total. The molecule has 2 atom stereocenters. The van der Waals surface area contributed by atoms with E-state index in [1.807, 2.05) is 6.92 Å². The molecule has 0 aliphatic heterocycles. The van der Waals surface area contributed by atoms with Gasteiger partial charge in [-0.3, -0.25) is 0 Å². The molecule has 96 valence electrons. The third-order valence-electron chi connectivity index (χ3n) is 2.67. The van der Waals surface area contributed by atoms with Crippen LogP contribution >= 0.6 is 0 Å². The number of aliphatic hydroxyl groups is 1. The van der Waals surface area contributed by atoms with Gasteiger partial charge in [-0.05, 0) is 50.9 Å². The first-order chi connectivity index (χ1) is 7.99. The number of rotatable bonds is 6. The lowest BCUT2D eigenvalue weighted by Gasteiger charge is -2.15. The highest BCUT2D eigenvalue weighted by Crippen LogP contribution is 2.24. The lowest BCUT2D eigenvalue weighted by atomic mass is 10.1. The first-order valence-electron chi connectivity index (χ1n) is 5.93. The maximum Gasteiger partial charge on any atom is 0.119 e. The van der Waals surface area contributed by atoms with Crippen molar-refractivity contribution in [1.29, 1.82) is 0 Å². The molecule has 0 radical (unpaired) electrons. The second kappa shape index (κ2) is 6.47. The minimum atomic E-state index is -0.267. The van der Waals surface area contributed by atoms with E-state index in [9.17, 15) is 10.2 Å². The van der Waals surface area contributed by atoms with Gasteiger partial charge in [-0.25, -0.2) is 0 Å². The van der Waals surface area contributed by atoms with Crippen LogP contribution in [-0.2, 0) is 0 Å². The molecule has 4 heteroatoms. The summed E-state index contributed by atoms with van der Waals surface area (Å²) in [4.78, 5) is 0. The molecule has 0 saturated heterocycles. The fraction of sp³-hybridized carbons (Fsp3) is 0.538. The van der Waals surface area contributed by atoms with Gasteiger partial charge in [0.05, 0.1) is 6.10 Å². The molecule has 0 bridgehead atoms. The summed E-state index contributed by atoms with van der Waals surface area (Å²) in [6.07, 6.45) is 1.40. The fourth-order valence-electron chi connectivity index (χ4n) is 1.70. The molecule has 0 heterocycles. The maximum absolute atomic E-state index is 9.37. The van der Waals surface area contributed by atoms with Gasteiger partial charge in [0.1, 0.15) is 11.5 Å². The van der Waals surface area contributed by atoms with Crippen molar-refractivity contribution in [1.82, 2.24) is 5.32 Å². The number of nitrogens with one attached hydrogen (secondary N) is 1. The summed E-state index contributed by atoms with van der Waals surface area (Å²) in [6, 6.07) is 4.63. The van der Waals surface area contributed by atoms with Crippen LogP contribution in [0.3, 0.4) is 0 Å². The number of hydrogen-bond acceptors (Lipinski definition) is 4. The number of benzene rings is 1. The van der Waals surface area contributed by atoms with Crippen molar-refractivity contribution in [2.24, 2.45) is 0 Å². The van der Waals surface area contributed by atoms with Gasteiger partial charge < -0.3 is 20.6 Å². The Morgan fingerprint density at radius 2 is 1.71 bits per heavy atom. The van der Waals surface area contributed by atoms with Crippen LogP contribution in [0.4, 0.5) is 0 Å². The zero-order valence-corrected chi connectivity index (χ0v) is 10.3. The highest BCUT2D eigenvalue weighted by Gasteiger charge is 2.07. The zero-order valence-electron chi connectivity index (χ0n) is 10.3. The Bertz CT molecular complexity index is 332. The SMILES string of the molecule is CC(O)CCCNC(C)c1cc(O)cc(O)c1. The molecule has 17 heavy (non-hydrogen) atoms. The first-order valence-corrected chi connectivity index (χ1v) is 5.93. The molecular formula is C13H21NO3. The largest absolute Gasteiger partial charge is 0.508 e.